The third kappa shape index (κ3) is 4.16. The van der Waals surface area contributed by atoms with Gasteiger partial charge in [-0.05, 0) is 44.0 Å². The highest BCUT2D eigenvalue weighted by Crippen LogP contribution is 2.27. The number of carboxylic acid groups (broad SMARTS) is 1. The molecule has 120 valence electrons. The zero-order valence-electron chi connectivity index (χ0n) is 12.8. The third-order valence-electron chi connectivity index (χ3n) is 3.80. The lowest BCUT2D eigenvalue weighted by Crippen LogP contribution is -2.45. The van der Waals surface area contributed by atoms with Crippen molar-refractivity contribution in [3.63, 3.8) is 0 Å². The number of piperidine rings is 1. The van der Waals surface area contributed by atoms with Crippen LogP contribution in [0.4, 0.5) is 0 Å². The summed E-state index contributed by atoms with van der Waals surface area (Å²) in [6.45, 7) is 2.83. The molecule has 0 saturated carbocycles. The van der Waals surface area contributed by atoms with Crippen molar-refractivity contribution in [1.82, 2.24) is 4.90 Å². The van der Waals surface area contributed by atoms with Crippen LogP contribution in [0.3, 0.4) is 0 Å². The molecule has 0 aliphatic carbocycles. The number of benzene rings is 1. The number of ether oxygens (including phenoxy) is 1. The highest BCUT2D eigenvalue weighted by molar-refractivity contribution is 8.00. The molecule has 1 aliphatic rings. The molecular weight excluding hydrogens is 302 g/mol. The van der Waals surface area contributed by atoms with Crippen LogP contribution in [0, 0.1) is 5.92 Å². The van der Waals surface area contributed by atoms with Crippen molar-refractivity contribution < 1.29 is 19.4 Å². The Balaban J connectivity index is 1.94. The Bertz CT molecular complexity index is 531. The molecule has 2 rings (SSSR count). The van der Waals surface area contributed by atoms with E-state index in [1.165, 1.54) is 11.8 Å². The predicted molar refractivity (Wildman–Crippen MR) is 85.3 cm³/mol. The summed E-state index contributed by atoms with van der Waals surface area (Å²) in [4.78, 5) is 26.2. The van der Waals surface area contributed by atoms with Crippen molar-refractivity contribution in [2.45, 2.75) is 29.9 Å². The van der Waals surface area contributed by atoms with Gasteiger partial charge in [-0.25, -0.2) is 0 Å². The van der Waals surface area contributed by atoms with Crippen molar-refractivity contribution in [1.29, 1.82) is 0 Å². The lowest BCUT2D eigenvalue weighted by atomic mass is 9.98. The van der Waals surface area contributed by atoms with E-state index in [9.17, 15) is 9.59 Å². The lowest BCUT2D eigenvalue weighted by Gasteiger charge is -2.32. The van der Waals surface area contributed by atoms with E-state index in [4.69, 9.17) is 9.84 Å². The SMILES string of the molecule is COc1ccc(SC(C)C(=O)N2CCCC(C(=O)O)C2)cc1. The highest BCUT2D eigenvalue weighted by Gasteiger charge is 2.30. The molecule has 2 unspecified atom stereocenters. The standard InChI is InChI=1S/C16H21NO4S/c1-11(22-14-7-5-13(21-2)6-8-14)15(18)17-9-3-4-12(10-17)16(19)20/h5-8,11-12H,3-4,9-10H2,1-2H3,(H,19,20). The van der Waals surface area contributed by atoms with Crippen LogP contribution in [0.15, 0.2) is 29.2 Å². The van der Waals surface area contributed by atoms with Crippen LogP contribution in [-0.4, -0.2) is 47.3 Å². The number of hydrogen-bond acceptors (Lipinski definition) is 4. The first kappa shape index (κ1) is 16.7. The number of likely N-dealkylation sites (tertiary alicyclic amines) is 1. The number of aliphatic carboxylic acids is 1. The summed E-state index contributed by atoms with van der Waals surface area (Å²) in [5.41, 5.74) is 0. The monoisotopic (exact) mass is 323 g/mol. The van der Waals surface area contributed by atoms with Gasteiger partial charge in [0.05, 0.1) is 18.3 Å². The van der Waals surface area contributed by atoms with Gasteiger partial charge in [0.15, 0.2) is 0 Å². The van der Waals surface area contributed by atoms with Gasteiger partial charge in [0, 0.05) is 18.0 Å². The first-order valence-electron chi connectivity index (χ1n) is 7.33. The van der Waals surface area contributed by atoms with Crippen LogP contribution in [0.25, 0.3) is 0 Å². The van der Waals surface area contributed by atoms with Gasteiger partial charge in [-0.1, -0.05) is 0 Å². The van der Waals surface area contributed by atoms with E-state index in [1.54, 1.807) is 12.0 Å². The van der Waals surface area contributed by atoms with Gasteiger partial charge in [-0.15, -0.1) is 11.8 Å². The normalized spacial score (nSPS) is 19.5. The van der Waals surface area contributed by atoms with Crippen molar-refractivity contribution in [3.05, 3.63) is 24.3 Å². The molecule has 5 nitrogen and oxygen atoms in total. The summed E-state index contributed by atoms with van der Waals surface area (Å²) in [5, 5.41) is 8.87. The maximum Gasteiger partial charge on any atom is 0.308 e. The first-order valence-corrected chi connectivity index (χ1v) is 8.21. The number of thioether (sulfide) groups is 1. The van der Waals surface area contributed by atoms with E-state index in [0.717, 1.165) is 17.1 Å². The number of methoxy groups -OCH3 is 1. The topological polar surface area (TPSA) is 66.8 Å². The van der Waals surface area contributed by atoms with Gasteiger partial charge in [-0.3, -0.25) is 9.59 Å². The number of nitrogens with zero attached hydrogens (tertiary/aromatic N) is 1. The number of amides is 1. The molecule has 0 aromatic heterocycles. The predicted octanol–water partition coefficient (Wildman–Crippen LogP) is 2.50. The quantitative estimate of drug-likeness (QED) is 0.843. The molecule has 0 bridgehead atoms. The third-order valence-corrected chi connectivity index (χ3v) is 4.90. The maximum atomic E-state index is 12.5. The molecule has 0 radical (unpaired) electrons. The van der Waals surface area contributed by atoms with Crippen molar-refractivity contribution in [2.75, 3.05) is 20.2 Å². The molecule has 2 atom stereocenters. The molecule has 1 heterocycles. The zero-order chi connectivity index (χ0) is 16.1. The Hall–Kier alpha value is -1.69. The average Bonchev–Trinajstić information content (AvgIpc) is 2.54. The largest absolute Gasteiger partial charge is 0.497 e. The summed E-state index contributed by atoms with van der Waals surface area (Å²) in [5.74, 6) is -0.459. The van der Waals surface area contributed by atoms with Crippen LogP contribution < -0.4 is 4.74 Å². The number of carbonyl (C=O) groups is 2. The van der Waals surface area contributed by atoms with Crippen molar-refractivity contribution in [3.8, 4) is 5.75 Å². The lowest BCUT2D eigenvalue weighted by molar-refractivity contribution is -0.145. The Morgan fingerprint density at radius 3 is 2.64 bits per heavy atom. The van der Waals surface area contributed by atoms with E-state index >= 15 is 0 Å². The van der Waals surface area contributed by atoms with Crippen molar-refractivity contribution in [2.24, 2.45) is 5.92 Å². The molecule has 1 saturated heterocycles. The average molecular weight is 323 g/mol. The Labute approximate surface area is 134 Å². The summed E-state index contributed by atoms with van der Waals surface area (Å²) in [7, 11) is 1.61. The number of carbonyl (C=O) groups excluding carboxylic acids is 1. The van der Waals surface area contributed by atoms with Gasteiger partial charge < -0.3 is 14.7 Å². The molecule has 1 amide bonds. The van der Waals surface area contributed by atoms with Gasteiger partial charge in [0.25, 0.3) is 0 Å². The molecular formula is C16H21NO4S. The van der Waals surface area contributed by atoms with E-state index in [2.05, 4.69) is 0 Å². The fraction of sp³-hybridized carbons (Fsp3) is 0.500. The van der Waals surface area contributed by atoms with Crippen LogP contribution in [0.2, 0.25) is 0 Å². The maximum absolute atomic E-state index is 12.5. The molecule has 1 fully saturated rings. The molecule has 1 aromatic rings. The van der Waals surface area contributed by atoms with Crippen LogP contribution in [0.5, 0.6) is 5.75 Å². The fourth-order valence-electron chi connectivity index (χ4n) is 2.54. The Morgan fingerprint density at radius 2 is 2.05 bits per heavy atom. The summed E-state index contributed by atoms with van der Waals surface area (Å²) >= 11 is 1.48. The molecule has 1 N–H and O–H groups in total. The van der Waals surface area contributed by atoms with Gasteiger partial charge >= 0.3 is 5.97 Å². The molecule has 6 heteroatoms. The van der Waals surface area contributed by atoms with Crippen molar-refractivity contribution >= 4 is 23.6 Å². The van der Waals surface area contributed by atoms with E-state index in [1.807, 2.05) is 31.2 Å². The second-order valence-electron chi connectivity index (χ2n) is 5.40. The highest BCUT2D eigenvalue weighted by atomic mass is 32.2. The smallest absolute Gasteiger partial charge is 0.308 e. The second kappa shape index (κ2) is 7.54. The number of carboxylic acids is 1. The van der Waals surface area contributed by atoms with Crippen LogP contribution in [0.1, 0.15) is 19.8 Å². The Kier molecular flexibility index (Phi) is 5.71. The summed E-state index contributed by atoms with van der Waals surface area (Å²) < 4.78 is 5.11. The minimum absolute atomic E-state index is 0.00627. The number of rotatable bonds is 5. The molecule has 0 spiro atoms. The van der Waals surface area contributed by atoms with Gasteiger partial charge in [-0.2, -0.15) is 0 Å². The van der Waals surface area contributed by atoms with Gasteiger partial charge in [0.1, 0.15) is 5.75 Å². The number of hydrogen-bond donors (Lipinski definition) is 1. The summed E-state index contributed by atoms with van der Waals surface area (Å²) in [6, 6.07) is 7.56. The zero-order valence-corrected chi connectivity index (χ0v) is 13.6. The van der Waals surface area contributed by atoms with E-state index in [-0.39, 0.29) is 11.2 Å². The minimum atomic E-state index is -0.812. The van der Waals surface area contributed by atoms with E-state index in [0.29, 0.717) is 19.5 Å². The fourth-order valence-corrected chi connectivity index (χ4v) is 3.50. The van der Waals surface area contributed by atoms with Gasteiger partial charge in [0.2, 0.25) is 5.91 Å². The van der Waals surface area contributed by atoms with Crippen LogP contribution >= 0.6 is 11.8 Å². The molecule has 22 heavy (non-hydrogen) atoms. The first-order chi connectivity index (χ1) is 10.5. The van der Waals surface area contributed by atoms with E-state index < -0.39 is 11.9 Å². The minimum Gasteiger partial charge on any atom is -0.497 e. The molecule has 1 aromatic carbocycles. The Morgan fingerprint density at radius 1 is 1.36 bits per heavy atom. The second-order valence-corrected chi connectivity index (χ2v) is 6.81. The van der Waals surface area contributed by atoms with Crippen LogP contribution in [-0.2, 0) is 9.59 Å². The molecule has 1 aliphatic heterocycles. The summed E-state index contributed by atoms with van der Waals surface area (Å²) in [6.07, 6.45) is 1.40.